The third-order valence-corrected chi connectivity index (χ3v) is 2.99. The number of Topliss-reactive ketones (excluding diaryl/α,β-unsaturated/α-hetero) is 1. The molecule has 1 aromatic rings. The highest BCUT2D eigenvalue weighted by Gasteiger charge is 2.15. The number of benzene rings is 1. The molecule has 0 aliphatic rings. The van der Waals surface area contributed by atoms with E-state index in [0.717, 1.165) is 5.69 Å². The Kier molecular flexibility index (Phi) is 5.55. The molecule has 0 fully saturated rings. The topological polar surface area (TPSA) is 46.6 Å². The summed E-state index contributed by atoms with van der Waals surface area (Å²) in [6, 6.07) is 7.51. The normalized spacial score (nSPS) is 10.4. The fourth-order valence-corrected chi connectivity index (χ4v) is 1.82. The summed E-state index contributed by atoms with van der Waals surface area (Å²) >= 11 is 0. The van der Waals surface area contributed by atoms with Crippen molar-refractivity contribution in [2.75, 3.05) is 18.6 Å². The van der Waals surface area contributed by atoms with Gasteiger partial charge in [0, 0.05) is 23.7 Å². The minimum Gasteiger partial charge on any atom is -0.468 e. The van der Waals surface area contributed by atoms with Crippen molar-refractivity contribution in [3.8, 4) is 0 Å². The van der Waals surface area contributed by atoms with E-state index < -0.39 is 0 Å². The van der Waals surface area contributed by atoms with Gasteiger partial charge in [-0.3, -0.25) is 9.59 Å². The second-order valence-electron chi connectivity index (χ2n) is 4.62. The van der Waals surface area contributed by atoms with Crippen LogP contribution in [0.3, 0.4) is 0 Å². The summed E-state index contributed by atoms with van der Waals surface area (Å²) in [5, 5.41) is 0. The van der Waals surface area contributed by atoms with Gasteiger partial charge in [-0.1, -0.05) is 6.92 Å². The van der Waals surface area contributed by atoms with Crippen molar-refractivity contribution in [3.05, 3.63) is 29.8 Å². The summed E-state index contributed by atoms with van der Waals surface area (Å²) in [4.78, 5) is 24.9. The number of hydrogen-bond donors (Lipinski definition) is 0. The smallest absolute Gasteiger partial charge is 0.325 e. The molecule has 0 saturated heterocycles. The van der Waals surface area contributed by atoms with Crippen LogP contribution in [0.1, 0.15) is 37.6 Å². The molecule has 19 heavy (non-hydrogen) atoms. The number of anilines is 1. The SMILES string of the molecule is CCC(=O)c1ccc(N(CC(=O)OC)C(C)C)cc1. The number of carbonyl (C=O) groups excluding carboxylic acids is 2. The maximum Gasteiger partial charge on any atom is 0.325 e. The highest BCUT2D eigenvalue weighted by atomic mass is 16.5. The molecule has 0 unspecified atom stereocenters. The van der Waals surface area contributed by atoms with Crippen LogP contribution >= 0.6 is 0 Å². The van der Waals surface area contributed by atoms with Gasteiger partial charge < -0.3 is 9.64 Å². The molecule has 0 bridgehead atoms. The van der Waals surface area contributed by atoms with Gasteiger partial charge in [0.05, 0.1) is 7.11 Å². The quantitative estimate of drug-likeness (QED) is 0.585. The van der Waals surface area contributed by atoms with Gasteiger partial charge in [0.2, 0.25) is 0 Å². The lowest BCUT2D eigenvalue weighted by atomic mass is 10.1. The van der Waals surface area contributed by atoms with E-state index in [1.807, 2.05) is 37.8 Å². The molecular weight excluding hydrogens is 242 g/mol. The van der Waals surface area contributed by atoms with Crippen LogP contribution < -0.4 is 4.90 Å². The first kappa shape index (κ1) is 15.2. The van der Waals surface area contributed by atoms with Gasteiger partial charge in [-0.25, -0.2) is 0 Å². The maximum absolute atomic E-state index is 11.6. The third-order valence-electron chi connectivity index (χ3n) is 2.99. The summed E-state index contributed by atoms with van der Waals surface area (Å²) in [6.07, 6.45) is 0.495. The minimum absolute atomic E-state index is 0.121. The standard InChI is InChI=1S/C15H21NO3/c1-5-14(17)12-6-8-13(9-7-12)16(11(2)3)10-15(18)19-4/h6-9,11H,5,10H2,1-4H3. The molecule has 0 heterocycles. The lowest BCUT2D eigenvalue weighted by molar-refractivity contribution is -0.139. The predicted molar refractivity (Wildman–Crippen MR) is 75.6 cm³/mol. The van der Waals surface area contributed by atoms with Crippen molar-refractivity contribution in [2.45, 2.75) is 33.2 Å². The largest absolute Gasteiger partial charge is 0.468 e. The molecule has 1 aromatic carbocycles. The Labute approximate surface area is 114 Å². The highest BCUT2D eigenvalue weighted by molar-refractivity contribution is 5.96. The lowest BCUT2D eigenvalue weighted by Gasteiger charge is -2.27. The van der Waals surface area contributed by atoms with E-state index in [4.69, 9.17) is 4.74 Å². The van der Waals surface area contributed by atoms with Crippen molar-refractivity contribution in [1.29, 1.82) is 0 Å². The van der Waals surface area contributed by atoms with E-state index in [0.29, 0.717) is 12.0 Å². The summed E-state index contributed by atoms with van der Waals surface area (Å²) in [5.74, 6) is -0.155. The predicted octanol–water partition coefficient (Wildman–Crippen LogP) is 2.67. The summed E-state index contributed by atoms with van der Waals surface area (Å²) in [5.41, 5.74) is 1.61. The zero-order chi connectivity index (χ0) is 14.4. The molecule has 1 rings (SSSR count). The highest BCUT2D eigenvalue weighted by Crippen LogP contribution is 2.18. The first-order valence-corrected chi connectivity index (χ1v) is 6.46. The Morgan fingerprint density at radius 1 is 1.21 bits per heavy atom. The van der Waals surface area contributed by atoms with E-state index in [2.05, 4.69) is 0 Å². The fourth-order valence-electron chi connectivity index (χ4n) is 1.82. The first-order chi connectivity index (χ1) is 8.99. The zero-order valence-electron chi connectivity index (χ0n) is 12.0. The summed E-state index contributed by atoms with van der Waals surface area (Å²) < 4.78 is 4.70. The van der Waals surface area contributed by atoms with Crippen LogP contribution in [-0.2, 0) is 9.53 Å². The second kappa shape index (κ2) is 6.92. The van der Waals surface area contributed by atoms with E-state index >= 15 is 0 Å². The van der Waals surface area contributed by atoms with Gasteiger partial charge in [0.1, 0.15) is 6.54 Å². The van der Waals surface area contributed by atoms with Crippen LogP contribution in [-0.4, -0.2) is 31.4 Å². The molecule has 0 spiro atoms. The van der Waals surface area contributed by atoms with Gasteiger partial charge >= 0.3 is 5.97 Å². The number of nitrogens with zero attached hydrogens (tertiary/aromatic N) is 1. The number of rotatable bonds is 6. The van der Waals surface area contributed by atoms with Crippen molar-refractivity contribution in [3.63, 3.8) is 0 Å². The Bertz CT molecular complexity index is 437. The monoisotopic (exact) mass is 263 g/mol. The average molecular weight is 263 g/mol. The number of hydrogen-bond acceptors (Lipinski definition) is 4. The van der Waals surface area contributed by atoms with Crippen molar-refractivity contribution in [1.82, 2.24) is 0 Å². The van der Waals surface area contributed by atoms with Crippen LogP contribution in [0.5, 0.6) is 0 Å². The molecule has 0 N–H and O–H groups in total. The Morgan fingerprint density at radius 2 is 1.79 bits per heavy atom. The number of methoxy groups -OCH3 is 1. The molecule has 0 amide bonds. The molecule has 0 atom stereocenters. The van der Waals surface area contributed by atoms with E-state index in [9.17, 15) is 9.59 Å². The number of carbonyl (C=O) groups is 2. The Hall–Kier alpha value is -1.84. The second-order valence-corrected chi connectivity index (χ2v) is 4.62. The maximum atomic E-state index is 11.6. The van der Waals surface area contributed by atoms with Crippen molar-refractivity contribution < 1.29 is 14.3 Å². The van der Waals surface area contributed by atoms with Crippen LogP contribution in [0, 0.1) is 0 Å². The third kappa shape index (κ3) is 4.09. The van der Waals surface area contributed by atoms with Crippen LogP contribution in [0.25, 0.3) is 0 Å². The van der Waals surface area contributed by atoms with Crippen LogP contribution in [0.15, 0.2) is 24.3 Å². The van der Waals surface area contributed by atoms with Crippen molar-refractivity contribution in [2.24, 2.45) is 0 Å². The van der Waals surface area contributed by atoms with Gasteiger partial charge in [-0.05, 0) is 38.1 Å². The fraction of sp³-hybridized carbons (Fsp3) is 0.467. The first-order valence-electron chi connectivity index (χ1n) is 6.46. The minimum atomic E-state index is -0.276. The molecule has 0 radical (unpaired) electrons. The van der Waals surface area contributed by atoms with Gasteiger partial charge in [-0.15, -0.1) is 0 Å². The summed E-state index contributed by atoms with van der Waals surface area (Å²) in [7, 11) is 1.38. The van der Waals surface area contributed by atoms with E-state index in [1.54, 1.807) is 12.1 Å². The van der Waals surface area contributed by atoms with Gasteiger partial charge in [-0.2, -0.15) is 0 Å². The van der Waals surface area contributed by atoms with E-state index in [-0.39, 0.29) is 24.3 Å². The van der Waals surface area contributed by atoms with Crippen LogP contribution in [0.4, 0.5) is 5.69 Å². The molecule has 0 aliphatic heterocycles. The molecule has 4 heteroatoms. The number of ether oxygens (including phenoxy) is 1. The molecule has 0 saturated carbocycles. The molecule has 104 valence electrons. The van der Waals surface area contributed by atoms with E-state index in [1.165, 1.54) is 7.11 Å². The average Bonchev–Trinajstić information content (AvgIpc) is 2.43. The molecular formula is C15H21NO3. The van der Waals surface area contributed by atoms with Crippen molar-refractivity contribution >= 4 is 17.4 Å². The molecule has 0 aliphatic carbocycles. The zero-order valence-corrected chi connectivity index (χ0v) is 12.0. The summed E-state index contributed by atoms with van der Waals surface area (Å²) in [6.45, 7) is 6.06. The lowest BCUT2D eigenvalue weighted by Crippen LogP contribution is -2.36. The Balaban J connectivity index is 2.91. The number of ketones is 1. The number of esters is 1. The molecule has 0 aromatic heterocycles. The van der Waals surface area contributed by atoms with Gasteiger partial charge in [0.25, 0.3) is 0 Å². The Morgan fingerprint density at radius 3 is 2.21 bits per heavy atom. The molecule has 4 nitrogen and oxygen atoms in total. The van der Waals surface area contributed by atoms with Crippen LogP contribution in [0.2, 0.25) is 0 Å². The van der Waals surface area contributed by atoms with Gasteiger partial charge in [0.15, 0.2) is 5.78 Å².